The van der Waals surface area contributed by atoms with Gasteiger partial charge in [-0.3, -0.25) is 0 Å². The van der Waals surface area contributed by atoms with Crippen LogP contribution in [0.25, 0.3) is 24.3 Å². The Labute approximate surface area is 234 Å². The summed E-state index contributed by atoms with van der Waals surface area (Å²) in [4.78, 5) is 0. The molecule has 3 aromatic carbocycles. The van der Waals surface area contributed by atoms with E-state index >= 15 is 0 Å². The molecule has 0 N–H and O–H groups in total. The van der Waals surface area contributed by atoms with Gasteiger partial charge in [-0.2, -0.15) is 0 Å². The fourth-order valence-corrected chi connectivity index (χ4v) is 4.28. The van der Waals surface area contributed by atoms with Crippen LogP contribution in [0, 0.1) is 6.92 Å². The molecule has 5 nitrogen and oxygen atoms in total. The zero-order valence-corrected chi connectivity index (χ0v) is 24.2. The van der Waals surface area contributed by atoms with Crippen LogP contribution < -0.4 is 23.7 Å². The molecule has 0 unspecified atom stereocenters. The first kappa shape index (κ1) is 29.7. The molecular weight excluding hydrogens is 488 g/mol. The van der Waals surface area contributed by atoms with E-state index in [1.165, 1.54) is 0 Å². The van der Waals surface area contributed by atoms with Gasteiger partial charge >= 0.3 is 0 Å². The summed E-state index contributed by atoms with van der Waals surface area (Å²) >= 11 is 0. The van der Waals surface area contributed by atoms with Gasteiger partial charge in [0.05, 0.1) is 34.5 Å². The fourth-order valence-electron chi connectivity index (χ4n) is 4.28. The zero-order chi connectivity index (χ0) is 28.0. The van der Waals surface area contributed by atoms with Crippen molar-refractivity contribution in [2.45, 2.75) is 46.5 Å². The Morgan fingerprint density at radius 2 is 1.00 bits per heavy atom. The smallest absolute Gasteiger partial charge is 0.168 e. The molecule has 0 fully saturated rings. The van der Waals surface area contributed by atoms with Crippen molar-refractivity contribution in [2.75, 3.05) is 34.5 Å². The van der Waals surface area contributed by atoms with E-state index in [4.69, 9.17) is 23.7 Å². The summed E-state index contributed by atoms with van der Waals surface area (Å²) in [6.07, 6.45) is 12.2. The number of methoxy groups -OCH3 is 3. The maximum absolute atomic E-state index is 6.40. The van der Waals surface area contributed by atoms with Gasteiger partial charge in [-0.05, 0) is 31.4 Å². The molecular formula is C34H42O5. The monoisotopic (exact) mass is 530 g/mol. The van der Waals surface area contributed by atoms with Gasteiger partial charge < -0.3 is 23.7 Å². The second-order valence-corrected chi connectivity index (χ2v) is 9.25. The van der Waals surface area contributed by atoms with Crippen LogP contribution in [0.5, 0.6) is 28.7 Å². The van der Waals surface area contributed by atoms with Crippen LogP contribution in [0.4, 0.5) is 0 Å². The molecule has 0 bridgehead atoms. The van der Waals surface area contributed by atoms with Crippen molar-refractivity contribution in [1.29, 1.82) is 0 Å². The lowest BCUT2D eigenvalue weighted by molar-refractivity contribution is 0.261. The Morgan fingerprint density at radius 1 is 0.538 bits per heavy atom. The van der Waals surface area contributed by atoms with Crippen LogP contribution in [-0.4, -0.2) is 34.5 Å². The van der Waals surface area contributed by atoms with Gasteiger partial charge in [0, 0.05) is 22.3 Å². The van der Waals surface area contributed by atoms with E-state index in [9.17, 15) is 0 Å². The lowest BCUT2D eigenvalue weighted by atomic mass is 10.0. The summed E-state index contributed by atoms with van der Waals surface area (Å²) in [5.74, 6) is 3.75. The summed E-state index contributed by atoms with van der Waals surface area (Å²) in [5, 5.41) is 0. The third-order valence-electron chi connectivity index (χ3n) is 6.43. The molecule has 5 heteroatoms. The molecule has 39 heavy (non-hydrogen) atoms. The molecule has 0 aliphatic heterocycles. The molecule has 0 saturated carbocycles. The van der Waals surface area contributed by atoms with Crippen LogP contribution >= 0.6 is 0 Å². The van der Waals surface area contributed by atoms with Crippen molar-refractivity contribution in [3.05, 3.63) is 76.3 Å². The van der Waals surface area contributed by atoms with Crippen LogP contribution in [0.3, 0.4) is 0 Å². The van der Waals surface area contributed by atoms with E-state index in [1.54, 1.807) is 21.3 Å². The molecule has 0 atom stereocenters. The normalized spacial score (nSPS) is 11.2. The van der Waals surface area contributed by atoms with Crippen LogP contribution in [0.1, 0.15) is 67.3 Å². The number of ether oxygens (including phenoxy) is 5. The Morgan fingerprint density at radius 3 is 1.46 bits per heavy atom. The Bertz CT molecular complexity index is 1260. The van der Waals surface area contributed by atoms with E-state index in [2.05, 4.69) is 44.2 Å². The highest BCUT2D eigenvalue weighted by atomic mass is 16.5. The van der Waals surface area contributed by atoms with Crippen molar-refractivity contribution in [1.82, 2.24) is 0 Å². The minimum atomic E-state index is 0.614. The van der Waals surface area contributed by atoms with Gasteiger partial charge in [-0.25, -0.2) is 0 Å². The van der Waals surface area contributed by atoms with Crippen molar-refractivity contribution in [2.24, 2.45) is 0 Å². The Hall–Kier alpha value is -3.86. The SMILES string of the molecule is CCCCOc1c(/C=C/c2cccc(C)c2OC)ccc(/C=C/c2cccc(OC)c2OC)c1OCCCC. The minimum Gasteiger partial charge on any atom is -0.496 e. The van der Waals surface area contributed by atoms with E-state index < -0.39 is 0 Å². The number of benzene rings is 3. The van der Waals surface area contributed by atoms with E-state index in [0.717, 1.165) is 70.7 Å². The number of unbranched alkanes of at least 4 members (excludes halogenated alkanes) is 2. The lowest BCUT2D eigenvalue weighted by Crippen LogP contribution is -2.05. The molecule has 0 aliphatic rings. The molecule has 208 valence electrons. The fraction of sp³-hybridized carbons (Fsp3) is 0.353. The van der Waals surface area contributed by atoms with Crippen LogP contribution in [-0.2, 0) is 0 Å². The van der Waals surface area contributed by atoms with E-state index in [1.807, 2.05) is 49.4 Å². The average Bonchev–Trinajstić information content (AvgIpc) is 2.96. The predicted octanol–water partition coefficient (Wildman–Crippen LogP) is 8.72. The Balaban J connectivity index is 2.09. The second kappa shape index (κ2) is 15.5. The summed E-state index contributed by atoms with van der Waals surface area (Å²) in [6.45, 7) is 7.60. The van der Waals surface area contributed by atoms with Crippen molar-refractivity contribution < 1.29 is 23.7 Å². The quantitative estimate of drug-likeness (QED) is 0.145. The highest BCUT2D eigenvalue weighted by Crippen LogP contribution is 2.39. The summed E-state index contributed by atoms with van der Waals surface area (Å²) in [7, 11) is 5.00. The van der Waals surface area contributed by atoms with E-state index in [0.29, 0.717) is 24.7 Å². The lowest BCUT2D eigenvalue weighted by Gasteiger charge is -2.18. The molecule has 0 saturated heterocycles. The number of hydrogen-bond acceptors (Lipinski definition) is 5. The van der Waals surface area contributed by atoms with Crippen LogP contribution in [0.2, 0.25) is 0 Å². The first-order valence-corrected chi connectivity index (χ1v) is 13.7. The largest absolute Gasteiger partial charge is 0.496 e. The highest BCUT2D eigenvalue weighted by Gasteiger charge is 2.16. The summed E-state index contributed by atoms with van der Waals surface area (Å²) in [5.41, 5.74) is 4.92. The summed E-state index contributed by atoms with van der Waals surface area (Å²) < 4.78 is 29.5. The summed E-state index contributed by atoms with van der Waals surface area (Å²) in [6, 6.07) is 16.1. The molecule has 0 spiro atoms. The second-order valence-electron chi connectivity index (χ2n) is 9.25. The van der Waals surface area contributed by atoms with Gasteiger partial charge in [-0.15, -0.1) is 0 Å². The minimum absolute atomic E-state index is 0.614. The first-order valence-electron chi connectivity index (χ1n) is 13.7. The maximum Gasteiger partial charge on any atom is 0.168 e. The van der Waals surface area contributed by atoms with Crippen molar-refractivity contribution >= 4 is 24.3 Å². The van der Waals surface area contributed by atoms with Gasteiger partial charge in [-0.1, -0.05) is 93.5 Å². The van der Waals surface area contributed by atoms with E-state index in [-0.39, 0.29) is 0 Å². The highest BCUT2D eigenvalue weighted by molar-refractivity contribution is 5.82. The van der Waals surface area contributed by atoms with Gasteiger partial charge in [0.2, 0.25) is 0 Å². The van der Waals surface area contributed by atoms with Crippen molar-refractivity contribution in [3.63, 3.8) is 0 Å². The molecule has 0 amide bonds. The molecule has 0 aromatic heterocycles. The van der Waals surface area contributed by atoms with Crippen molar-refractivity contribution in [3.8, 4) is 28.7 Å². The number of aryl methyl sites for hydroxylation is 1. The van der Waals surface area contributed by atoms with Gasteiger partial charge in [0.1, 0.15) is 5.75 Å². The number of para-hydroxylation sites is 2. The standard InChI is InChI=1S/C34H42O5/c1-7-9-23-38-33-28(19-17-26-14-11-13-25(3)31(26)36-5)21-22-29(34(33)39-24-10-8-2)20-18-27-15-12-16-30(35-4)32(27)37-6/h11-22H,7-10,23-24H2,1-6H3/b19-17+,20-18+. The maximum atomic E-state index is 6.40. The molecule has 3 aromatic rings. The van der Waals surface area contributed by atoms with Gasteiger partial charge in [0.15, 0.2) is 23.0 Å². The molecule has 0 heterocycles. The third kappa shape index (κ3) is 7.82. The topological polar surface area (TPSA) is 46.2 Å². The number of hydrogen-bond donors (Lipinski definition) is 0. The molecule has 3 rings (SSSR count). The van der Waals surface area contributed by atoms with Crippen LogP contribution in [0.15, 0.2) is 48.5 Å². The molecule has 0 aliphatic carbocycles. The average molecular weight is 531 g/mol. The Kier molecular flexibility index (Phi) is 11.8. The predicted molar refractivity (Wildman–Crippen MR) is 162 cm³/mol. The molecule has 0 radical (unpaired) electrons. The van der Waals surface area contributed by atoms with Gasteiger partial charge in [0.25, 0.3) is 0 Å². The first-order chi connectivity index (χ1) is 19.1. The zero-order valence-electron chi connectivity index (χ0n) is 24.2. The third-order valence-corrected chi connectivity index (χ3v) is 6.43. The number of rotatable bonds is 15.